The van der Waals surface area contributed by atoms with E-state index in [0.29, 0.717) is 35.5 Å². The maximum absolute atomic E-state index is 13.2. The van der Waals surface area contributed by atoms with Crippen LogP contribution in [-0.4, -0.2) is 31.7 Å². The fraction of sp³-hybridized carbons (Fsp3) is 0.571. The van der Waals surface area contributed by atoms with Crippen molar-refractivity contribution in [2.24, 2.45) is 17.8 Å². The van der Waals surface area contributed by atoms with E-state index in [-0.39, 0.29) is 11.8 Å². The van der Waals surface area contributed by atoms with Crippen LogP contribution in [-0.2, 0) is 14.8 Å². The molecule has 1 saturated heterocycles. The molecule has 1 aromatic rings. The number of aryl methyl sites for hydroxylation is 1. The molecule has 146 valence electrons. The van der Waals surface area contributed by atoms with Crippen molar-refractivity contribution in [1.82, 2.24) is 4.31 Å². The summed E-state index contributed by atoms with van der Waals surface area (Å²) in [5.74, 6) is 0.879. The molecule has 1 heterocycles. The lowest BCUT2D eigenvalue weighted by atomic mass is 9.93. The van der Waals surface area contributed by atoms with Gasteiger partial charge >= 0.3 is 0 Å². The second-order valence-electron chi connectivity index (χ2n) is 8.17. The number of fused-ring (bicyclic) bond motifs is 2. The van der Waals surface area contributed by atoms with E-state index in [4.69, 9.17) is 0 Å². The van der Waals surface area contributed by atoms with Crippen LogP contribution in [0.2, 0.25) is 0 Å². The summed E-state index contributed by atoms with van der Waals surface area (Å²) in [6.07, 6.45) is 10.3. The molecule has 6 heteroatoms. The van der Waals surface area contributed by atoms with Gasteiger partial charge in [-0.05, 0) is 62.1 Å². The van der Waals surface area contributed by atoms with Gasteiger partial charge in [-0.3, -0.25) is 4.79 Å². The van der Waals surface area contributed by atoms with E-state index < -0.39 is 10.0 Å². The zero-order valence-corrected chi connectivity index (χ0v) is 16.7. The van der Waals surface area contributed by atoms with Crippen LogP contribution in [0.15, 0.2) is 35.2 Å². The number of carbonyl (C=O) groups is 1. The Morgan fingerprint density at radius 2 is 1.81 bits per heavy atom. The van der Waals surface area contributed by atoms with Crippen LogP contribution in [0, 0.1) is 24.7 Å². The van der Waals surface area contributed by atoms with Crippen LogP contribution in [0.5, 0.6) is 0 Å². The Kier molecular flexibility index (Phi) is 5.12. The Labute approximate surface area is 161 Å². The van der Waals surface area contributed by atoms with Gasteiger partial charge in [0, 0.05) is 24.7 Å². The minimum Gasteiger partial charge on any atom is -0.326 e. The fourth-order valence-corrected chi connectivity index (χ4v) is 6.46. The average molecular weight is 389 g/mol. The van der Waals surface area contributed by atoms with Gasteiger partial charge in [-0.25, -0.2) is 8.42 Å². The number of hydrogen-bond donors (Lipinski definition) is 1. The van der Waals surface area contributed by atoms with E-state index in [1.807, 2.05) is 6.92 Å². The number of rotatable bonds is 4. The molecule has 5 nitrogen and oxygen atoms in total. The molecule has 27 heavy (non-hydrogen) atoms. The molecule has 0 unspecified atom stereocenters. The van der Waals surface area contributed by atoms with Gasteiger partial charge in [0.1, 0.15) is 0 Å². The summed E-state index contributed by atoms with van der Waals surface area (Å²) in [5, 5.41) is 2.97. The van der Waals surface area contributed by atoms with Crippen molar-refractivity contribution in [3.63, 3.8) is 0 Å². The highest BCUT2D eigenvalue weighted by molar-refractivity contribution is 7.89. The zero-order chi connectivity index (χ0) is 19.0. The lowest BCUT2D eigenvalue weighted by Crippen LogP contribution is -2.32. The van der Waals surface area contributed by atoms with E-state index >= 15 is 0 Å². The molecule has 4 rings (SSSR count). The van der Waals surface area contributed by atoms with Gasteiger partial charge in [-0.2, -0.15) is 4.31 Å². The van der Waals surface area contributed by atoms with Crippen molar-refractivity contribution >= 4 is 21.6 Å². The maximum atomic E-state index is 13.2. The third-order valence-corrected chi connectivity index (χ3v) is 8.29. The van der Waals surface area contributed by atoms with Gasteiger partial charge in [-0.1, -0.05) is 31.1 Å². The summed E-state index contributed by atoms with van der Waals surface area (Å²) in [5.41, 5.74) is 1.30. The van der Waals surface area contributed by atoms with Crippen molar-refractivity contribution in [1.29, 1.82) is 0 Å². The first kappa shape index (κ1) is 18.7. The van der Waals surface area contributed by atoms with Gasteiger partial charge < -0.3 is 5.32 Å². The van der Waals surface area contributed by atoms with Crippen LogP contribution in [0.4, 0.5) is 5.69 Å². The standard InChI is InChI=1S/C21H28N2O3S/c1-15-6-9-18(22-21(24)19-13-16-7-8-17(19)12-16)14-20(15)27(25,26)23-10-4-2-3-5-11-23/h6-9,14,16-17,19H,2-5,10-13H2,1H3,(H,22,24)/t16-,17+,19-/m1/s1. The first-order valence-electron chi connectivity index (χ1n) is 10.0. The average Bonchev–Trinajstić information content (AvgIpc) is 3.17. The van der Waals surface area contributed by atoms with Crippen LogP contribution in [0.3, 0.4) is 0 Å². The van der Waals surface area contributed by atoms with Crippen molar-refractivity contribution in [3.05, 3.63) is 35.9 Å². The van der Waals surface area contributed by atoms with Gasteiger partial charge in [0.05, 0.1) is 4.90 Å². The summed E-state index contributed by atoms with van der Waals surface area (Å²) < 4.78 is 27.9. The summed E-state index contributed by atoms with van der Waals surface area (Å²) in [4.78, 5) is 13.0. The molecule has 2 fully saturated rings. The van der Waals surface area contributed by atoms with E-state index in [1.54, 1.807) is 22.5 Å². The molecule has 1 aliphatic heterocycles. The Hall–Kier alpha value is -1.66. The Morgan fingerprint density at radius 3 is 2.44 bits per heavy atom. The molecule has 2 bridgehead atoms. The molecule has 2 aliphatic carbocycles. The fourth-order valence-electron chi connectivity index (χ4n) is 4.69. The topological polar surface area (TPSA) is 66.5 Å². The van der Waals surface area contributed by atoms with Crippen LogP contribution in [0.1, 0.15) is 44.1 Å². The highest BCUT2D eigenvalue weighted by atomic mass is 32.2. The summed E-state index contributed by atoms with van der Waals surface area (Å²) in [6, 6.07) is 5.23. The first-order chi connectivity index (χ1) is 12.9. The zero-order valence-electron chi connectivity index (χ0n) is 15.9. The molecule has 1 N–H and O–H groups in total. The van der Waals surface area contributed by atoms with Crippen molar-refractivity contribution in [2.45, 2.75) is 50.3 Å². The highest BCUT2D eigenvalue weighted by Gasteiger charge is 2.39. The normalized spacial score (nSPS) is 28.3. The van der Waals surface area contributed by atoms with Crippen molar-refractivity contribution < 1.29 is 13.2 Å². The molecule has 1 amide bonds. The first-order valence-corrected chi connectivity index (χ1v) is 11.5. The molecular formula is C21H28N2O3S. The molecular weight excluding hydrogens is 360 g/mol. The molecule has 0 aromatic heterocycles. The number of carbonyl (C=O) groups excluding carboxylic acids is 1. The number of sulfonamides is 1. The number of hydrogen-bond acceptors (Lipinski definition) is 3. The molecule has 0 spiro atoms. The predicted molar refractivity (Wildman–Crippen MR) is 106 cm³/mol. The third kappa shape index (κ3) is 3.69. The minimum atomic E-state index is -3.53. The predicted octanol–water partition coefficient (Wildman–Crippen LogP) is 3.71. The number of benzene rings is 1. The second-order valence-corrected chi connectivity index (χ2v) is 10.1. The molecule has 3 aliphatic rings. The molecule has 1 aromatic carbocycles. The largest absolute Gasteiger partial charge is 0.326 e. The molecule has 1 saturated carbocycles. The van der Waals surface area contributed by atoms with E-state index in [9.17, 15) is 13.2 Å². The van der Waals surface area contributed by atoms with Gasteiger partial charge in [0.15, 0.2) is 0 Å². The van der Waals surface area contributed by atoms with Crippen molar-refractivity contribution in [2.75, 3.05) is 18.4 Å². The lowest BCUT2D eigenvalue weighted by molar-refractivity contribution is -0.120. The van der Waals surface area contributed by atoms with Crippen LogP contribution >= 0.6 is 0 Å². The van der Waals surface area contributed by atoms with Crippen LogP contribution < -0.4 is 5.32 Å². The van der Waals surface area contributed by atoms with Gasteiger partial charge in [-0.15, -0.1) is 0 Å². The highest BCUT2D eigenvalue weighted by Crippen LogP contribution is 2.43. The van der Waals surface area contributed by atoms with Crippen LogP contribution in [0.25, 0.3) is 0 Å². The Bertz CT molecular complexity index is 854. The lowest BCUT2D eigenvalue weighted by Gasteiger charge is -2.22. The Balaban J connectivity index is 1.54. The SMILES string of the molecule is Cc1ccc(NC(=O)[C@@H]2C[C@@H]3C=C[C@H]2C3)cc1S(=O)(=O)N1CCCCCC1. The quantitative estimate of drug-likeness (QED) is 0.800. The van der Waals surface area contributed by atoms with Gasteiger partial charge in [0.2, 0.25) is 15.9 Å². The van der Waals surface area contributed by atoms with E-state index in [0.717, 1.165) is 44.1 Å². The second kappa shape index (κ2) is 7.40. The number of nitrogens with one attached hydrogen (secondary N) is 1. The maximum Gasteiger partial charge on any atom is 0.243 e. The number of allylic oxidation sites excluding steroid dienone is 2. The summed E-state index contributed by atoms with van der Waals surface area (Å²) in [6.45, 7) is 2.97. The van der Waals surface area contributed by atoms with E-state index in [2.05, 4.69) is 17.5 Å². The number of nitrogens with zero attached hydrogens (tertiary/aromatic N) is 1. The number of amides is 1. The molecule has 3 atom stereocenters. The van der Waals surface area contributed by atoms with Gasteiger partial charge in [0.25, 0.3) is 0 Å². The Morgan fingerprint density at radius 1 is 1.07 bits per heavy atom. The number of anilines is 1. The minimum absolute atomic E-state index is 0.00645. The smallest absolute Gasteiger partial charge is 0.243 e. The molecule has 0 radical (unpaired) electrons. The monoisotopic (exact) mass is 388 g/mol. The van der Waals surface area contributed by atoms with Crippen molar-refractivity contribution in [3.8, 4) is 0 Å². The summed E-state index contributed by atoms with van der Waals surface area (Å²) >= 11 is 0. The third-order valence-electron chi connectivity index (χ3n) is 6.25. The van der Waals surface area contributed by atoms with E-state index in [1.165, 1.54) is 0 Å². The summed E-state index contributed by atoms with van der Waals surface area (Å²) in [7, 11) is -3.53.